The Balaban J connectivity index is 2.55. The largest absolute Gasteiger partial charge is 0.411 e. The Morgan fingerprint density at radius 1 is 1.42 bits per heavy atom. The molecule has 0 radical (unpaired) electrons. The fourth-order valence-corrected chi connectivity index (χ4v) is 3.59. The van der Waals surface area contributed by atoms with Gasteiger partial charge in [0.25, 0.3) is 0 Å². The number of rotatable bonds is 2. The second kappa shape index (κ2) is 4.87. The molecule has 1 heterocycles. The van der Waals surface area contributed by atoms with Crippen LogP contribution in [0.25, 0.3) is 0 Å². The van der Waals surface area contributed by atoms with E-state index >= 15 is 0 Å². The van der Waals surface area contributed by atoms with E-state index < -0.39 is 0 Å². The van der Waals surface area contributed by atoms with Crippen molar-refractivity contribution in [3.05, 3.63) is 29.3 Å². The third kappa shape index (κ3) is 2.46. The van der Waals surface area contributed by atoms with E-state index in [1.54, 1.807) is 0 Å². The summed E-state index contributed by atoms with van der Waals surface area (Å²) in [5, 5.41) is 11.8. The fourth-order valence-electron chi connectivity index (χ4n) is 3.59. The van der Waals surface area contributed by atoms with E-state index in [4.69, 9.17) is 5.21 Å². The van der Waals surface area contributed by atoms with Crippen LogP contribution in [-0.4, -0.2) is 23.0 Å². The first-order valence-electron chi connectivity index (χ1n) is 6.97. The number of hydrogen-bond donors (Lipinski definition) is 1. The van der Waals surface area contributed by atoms with Crippen LogP contribution in [0.4, 0.5) is 5.69 Å². The Kier molecular flexibility index (Phi) is 3.57. The number of oxime groups is 1. The molecule has 0 amide bonds. The summed E-state index contributed by atoms with van der Waals surface area (Å²) in [7, 11) is 0. The minimum Gasteiger partial charge on any atom is -0.411 e. The van der Waals surface area contributed by atoms with Crippen LogP contribution in [0.3, 0.4) is 0 Å². The second-order valence-corrected chi connectivity index (χ2v) is 6.44. The smallest absolute Gasteiger partial charge is 0.0733 e. The third-order valence-corrected chi connectivity index (χ3v) is 4.02. The standard InChI is InChI=1S/C16H24N2O/c1-11(2)18-15-7-6-13(10-17-19)8-14(15)12(3)9-16(18,4)5/h6-8,10-12,19H,9H2,1-5H3/t12-/m1/s1. The minimum atomic E-state index is 0.174. The molecule has 104 valence electrons. The van der Waals surface area contributed by atoms with Crippen molar-refractivity contribution in [1.82, 2.24) is 0 Å². The summed E-state index contributed by atoms with van der Waals surface area (Å²) in [6.07, 6.45) is 2.63. The van der Waals surface area contributed by atoms with Crippen molar-refractivity contribution in [3.8, 4) is 0 Å². The molecule has 0 saturated carbocycles. The lowest BCUT2D eigenvalue weighted by Gasteiger charge is -2.50. The molecule has 3 nitrogen and oxygen atoms in total. The number of benzene rings is 1. The van der Waals surface area contributed by atoms with Gasteiger partial charge >= 0.3 is 0 Å². The summed E-state index contributed by atoms with van der Waals surface area (Å²) in [5.74, 6) is 0.520. The van der Waals surface area contributed by atoms with Gasteiger partial charge in [0.15, 0.2) is 0 Å². The fraction of sp³-hybridized carbons (Fsp3) is 0.562. The summed E-state index contributed by atoms with van der Waals surface area (Å²) < 4.78 is 0. The summed E-state index contributed by atoms with van der Waals surface area (Å²) in [6, 6.07) is 6.79. The van der Waals surface area contributed by atoms with Crippen molar-refractivity contribution in [2.24, 2.45) is 5.16 Å². The van der Waals surface area contributed by atoms with Crippen LogP contribution >= 0.6 is 0 Å². The lowest BCUT2D eigenvalue weighted by molar-refractivity contribution is 0.322. The molecule has 0 aromatic heterocycles. The van der Waals surface area contributed by atoms with Gasteiger partial charge in [0.05, 0.1) is 6.21 Å². The monoisotopic (exact) mass is 260 g/mol. The van der Waals surface area contributed by atoms with Crippen LogP contribution in [0.2, 0.25) is 0 Å². The number of nitrogens with zero attached hydrogens (tertiary/aromatic N) is 2. The molecule has 0 saturated heterocycles. The maximum Gasteiger partial charge on any atom is 0.0733 e. The van der Waals surface area contributed by atoms with Gasteiger partial charge in [0.1, 0.15) is 0 Å². The highest BCUT2D eigenvalue weighted by atomic mass is 16.4. The highest BCUT2D eigenvalue weighted by Gasteiger charge is 2.37. The van der Waals surface area contributed by atoms with Crippen LogP contribution in [0.5, 0.6) is 0 Å². The van der Waals surface area contributed by atoms with Gasteiger partial charge in [-0.05, 0) is 63.3 Å². The van der Waals surface area contributed by atoms with E-state index in [1.807, 2.05) is 6.07 Å². The van der Waals surface area contributed by atoms with Crippen LogP contribution in [-0.2, 0) is 0 Å². The Labute approximate surface area is 115 Å². The second-order valence-electron chi connectivity index (χ2n) is 6.44. The summed E-state index contributed by atoms with van der Waals surface area (Å²) in [5.41, 5.74) is 3.79. The third-order valence-electron chi connectivity index (χ3n) is 4.02. The van der Waals surface area contributed by atoms with Gasteiger partial charge in [-0.1, -0.05) is 18.1 Å². The Hall–Kier alpha value is -1.51. The van der Waals surface area contributed by atoms with Crippen LogP contribution in [0.15, 0.2) is 23.4 Å². The first-order valence-corrected chi connectivity index (χ1v) is 6.97. The molecule has 1 aliphatic rings. The number of fused-ring (bicyclic) bond motifs is 1. The Bertz CT molecular complexity index is 492. The maximum atomic E-state index is 8.67. The highest BCUT2D eigenvalue weighted by molar-refractivity contribution is 5.81. The minimum absolute atomic E-state index is 0.174. The average Bonchev–Trinajstić information content (AvgIpc) is 2.28. The van der Waals surface area contributed by atoms with Crippen LogP contribution in [0, 0.1) is 0 Å². The van der Waals surface area contributed by atoms with E-state index in [0.29, 0.717) is 12.0 Å². The highest BCUT2D eigenvalue weighted by Crippen LogP contribution is 2.44. The van der Waals surface area contributed by atoms with Crippen molar-refractivity contribution < 1.29 is 5.21 Å². The Morgan fingerprint density at radius 2 is 2.11 bits per heavy atom. The van der Waals surface area contributed by atoms with Crippen LogP contribution in [0.1, 0.15) is 58.1 Å². The van der Waals surface area contributed by atoms with Crippen molar-refractivity contribution in [3.63, 3.8) is 0 Å². The average molecular weight is 260 g/mol. The van der Waals surface area contributed by atoms with Gasteiger partial charge in [-0.25, -0.2) is 0 Å². The van der Waals surface area contributed by atoms with E-state index in [9.17, 15) is 0 Å². The normalized spacial score (nSPS) is 22.0. The van der Waals surface area contributed by atoms with Gasteiger partial charge in [-0.2, -0.15) is 0 Å². The van der Waals surface area contributed by atoms with Crippen molar-refractivity contribution >= 4 is 11.9 Å². The first-order chi connectivity index (χ1) is 8.86. The molecule has 0 bridgehead atoms. The number of anilines is 1. The molecular formula is C16H24N2O. The molecule has 0 aliphatic carbocycles. The van der Waals surface area contributed by atoms with Gasteiger partial charge in [0, 0.05) is 17.3 Å². The van der Waals surface area contributed by atoms with Gasteiger partial charge in [0.2, 0.25) is 0 Å². The molecule has 1 aromatic rings. The predicted molar refractivity (Wildman–Crippen MR) is 80.5 cm³/mol. The lowest BCUT2D eigenvalue weighted by Crippen LogP contribution is -2.51. The molecule has 0 spiro atoms. The zero-order valence-corrected chi connectivity index (χ0v) is 12.5. The Morgan fingerprint density at radius 3 is 2.68 bits per heavy atom. The van der Waals surface area contributed by atoms with Gasteiger partial charge in [-0.15, -0.1) is 0 Å². The molecule has 3 heteroatoms. The van der Waals surface area contributed by atoms with Gasteiger partial charge in [-0.3, -0.25) is 0 Å². The topological polar surface area (TPSA) is 35.8 Å². The molecule has 1 N–H and O–H groups in total. The maximum absolute atomic E-state index is 8.67. The molecule has 2 rings (SSSR count). The molecule has 0 unspecified atom stereocenters. The van der Waals surface area contributed by atoms with E-state index in [2.05, 4.69) is 56.8 Å². The molecule has 1 atom stereocenters. The van der Waals surface area contributed by atoms with E-state index in [-0.39, 0.29) is 5.54 Å². The van der Waals surface area contributed by atoms with E-state index in [1.165, 1.54) is 17.5 Å². The molecule has 1 aromatic carbocycles. The summed E-state index contributed by atoms with van der Waals surface area (Å²) >= 11 is 0. The van der Waals surface area contributed by atoms with Crippen molar-refractivity contribution in [1.29, 1.82) is 0 Å². The molecular weight excluding hydrogens is 236 g/mol. The van der Waals surface area contributed by atoms with Crippen molar-refractivity contribution in [2.75, 3.05) is 4.90 Å². The molecule has 1 aliphatic heterocycles. The summed E-state index contributed by atoms with van der Waals surface area (Å²) in [6.45, 7) is 11.4. The first kappa shape index (κ1) is 13.9. The van der Waals surface area contributed by atoms with E-state index in [0.717, 1.165) is 12.0 Å². The zero-order chi connectivity index (χ0) is 14.2. The number of hydrogen-bond acceptors (Lipinski definition) is 3. The predicted octanol–water partition coefficient (Wildman–Crippen LogP) is 4.00. The SMILES string of the molecule is CC(C)N1c2ccc(C=NO)cc2[C@H](C)CC1(C)C. The zero-order valence-electron chi connectivity index (χ0n) is 12.5. The quantitative estimate of drug-likeness (QED) is 0.495. The molecule has 0 fully saturated rings. The summed E-state index contributed by atoms with van der Waals surface area (Å²) in [4.78, 5) is 2.50. The van der Waals surface area contributed by atoms with Crippen molar-refractivity contribution in [2.45, 2.75) is 58.5 Å². The molecule has 19 heavy (non-hydrogen) atoms. The lowest BCUT2D eigenvalue weighted by atomic mass is 9.79. The van der Waals surface area contributed by atoms with Gasteiger partial charge < -0.3 is 10.1 Å². The van der Waals surface area contributed by atoms with Crippen LogP contribution < -0.4 is 4.90 Å².